The lowest BCUT2D eigenvalue weighted by Gasteiger charge is -2.28. The molecule has 3 N–H and O–H groups in total. The van der Waals surface area contributed by atoms with Gasteiger partial charge in [-0.1, -0.05) is 108 Å². The van der Waals surface area contributed by atoms with E-state index in [2.05, 4.69) is 33.2 Å². The van der Waals surface area contributed by atoms with Crippen molar-refractivity contribution in [3.8, 4) is 0 Å². The first-order valence-corrected chi connectivity index (χ1v) is 17.9. The molecule has 1 fully saturated rings. The normalized spacial score (nSPS) is 16.5. The van der Waals surface area contributed by atoms with Gasteiger partial charge in [-0.25, -0.2) is 4.98 Å². The van der Waals surface area contributed by atoms with Crippen LogP contribution in [0.3, 0.4) is 0 Å². The van der Waals surface area contributed by atoms with Crippen molar-refractivity contribution in [3.05, 3.63) is 38.3 Å². The molecule has 0 amide bonds. The van der Waals surface area contributed by atoms with Gasteiger partial charge >= 0.3 is 5.97 Å². The van der Waals surface area contributed by atoms with E-state index in [4.69, 9.17) is 16.7 Å². The number of aromatic nitrogens is 2. The summed E-state index contributed by atoms with van der Waals surface area (Å²) in [6.45, 7) is 2.99. The number of halogens is 2. The summed E-state index contributed by atoms with van der Waals surface area (Å²) in [5.41, 5.74) is 0.212. The number of aliphatic hydroxyl groups is 1. The molecule has 0 radical (unpaired) electrons. The third kappa shape index (κ3) is 15.5. The molecular formula is C34H53BrClN3O5. The van der Waals surface area contributed by atoms with Crippen LogP contribution in [-0.4, -0.2) is 50.2 Å². The molecule has 2 atom stereocenters. The van der Waals surface area contributed by atoms with E-state index in [1.807, 2.05) is 0 Å². The molecule has 44 heavy (non-hydrogen) atoms. The van der Waals surface area contributed by atoms with Crippen molar-refractivity contribution in [2.45, 2.75) is 148 Å². The number of hydrogen-bond acceptors (Lipinski definition) is 6. The molecule has 1 aliphatic heterocycles. The second-order valence-electron chi connectivity index (χ2n) is 12.1. The van der Waals surface area contributed by atoms with Gasteiger partial charge in [0.1, 0.15) is 0 Å². The smallest absolute Gasteiger partial charge is 0.303 e. The van der Waals surface area contributed by atoms with Crippen molar-refractivity contribution in [3.63, 3.8) is 0 Å². The molecule has 8 nitrogen and oxygen atoms in total. The summed E-state index contributed by atoms with van der Waals surface area (Å²) < 4.78 is 1.94. The molecule has 248 valence electrons. The van der Waals surface area contributed by atoms with Crippen molar-refractivity contribution in [1.82, 2.24) is 14.9 Å². The quantitative estimate of drug-likeness (QED) is 0.119. The Hall–Kier alpha value is -1.81. The van der Waals surface area contributed by atoms with E-state index in [9.17, 15) is 19.5 Å². The molecule has 0 unspecified atom stereocenters. The number of Topliss-reactive ketones (excluding diaryl/α,β-unsaturated/α-hetero) is 1. The molecule has 0 aliphatic carbocycles. The minimum absolute atomic E-state index is 0.0691. The number of aliphatic carboxylic acids is 1. The molecule has 0 bridgehead atoms. The molecule has 2 aromatic rings. The number of carboxylic acids is 1. The molecule has 1 saturated heterocycles. The monoisotopic (exact) mass is 697 g/mol. The van der Waals surface area contributed by atoms with Gasteiger partial charge in [0.25, 0.3) is 5.56 Å². The van der Waals surface area contributed by atoms with E-state index in [0.717, 1.165) is 25.8 Å². The van der Waals surface area contributed by atoms with Crippen molar-refractivity contribution in [2.24, 2.45) is 0 Å². The largest absolute Gasteiger partial charge is 0.481 e. The van der Waals surface area contributed by atoms with E-state index in [-0.39, 0.29) is 30.3 Å². The molecule has 0 saturated carbocycles. The number of benzene rings is 1. The zero-order valence-electron chi connectivity index (χ0n) is 26.5. The predicted octanol–water partition coefficient (Wildman–Crippen LogP) is 8.22. The van der Waals surface area contributed by atoms with Gasteiger partial charge in [0.2, 0.25) is 0 Å². The fraction of sp³-hybridized carbons (Fsp3) is 0.706. The summed E-state index contributed by atoms with van der Waals surface area (Å²) in [6.07, 6.45) is 22.8. The molecule has 10 heteroatoms. The van der Waals surface area contributed by atoms with Crippen molar-refractivity contribution in [2.75, 3.05) is 6.54 Å². The van der Waals surface area contributed by atoms with Gasteiger partial charge in [-0.3, -0.25) is 19.0 Å². The molecule has 1 aromatic heterocycles. The maximum Gasteiger partial charge on any atom is 0.303 e. The SMILES string of the molecule is CCCCCCCCCCCCCCCCCC(=O)O.O=C(C[C@H]1NCCC[C@@H]1O)Cn1cnc2cc(Br)c(Cl)cc2c1=O. The van der Waals surface area contributed by atoms with E-state index < -0.39 is 12.1 Å². The third-order valence-electron chi connectivity index (χ3n) is 8.20. The first-order valence-electron chi connectivity index (χ1n) is 16.7. The van der Waals surface area contributed by atoms with Gasteiger partial charge in [0, 0.05) is 23.4 Å². The van der Waals surface area contributed by atoms with E-state index in [1.165, 1.54) is 94.4 Å². The first kappa shape index (κ1) is 38.4. The maximum atomic E-state index is 12.5. The Morgan fingerprint density at radius 1 is 0.977 bits per heavy atom. The first-order chi connectivity index (χ1) is 21.2. The van der Waals surface area contributed by atoms with Gasteiger partial charge in [0.05, 0.1) is 34.9 Å². The minimum Gasteiger partial charge on any atom is -0.481 e. The summed E-state index contributed by atoms with van der Waals surface area (Å²) in [5.74, 6) is -0.778. The number of piperidine rings is 1. The highest BCUT2D eigenvalue weighted by Crippen LogP contribution is 2.25. The number of carbonyl (C=O) groups excluding carboxylic acids is 1. The summed E-state index contributed by atoms with van der Waals surface area (Å²) in [7, 11) is 0. The van der Waals surface area contributed by atoms with Crippen molar-refractivity contribution in [1.29, 1.82) is 0 Å². The van der Waals surface area contributed by atoms with E-state index in [0.29, 0.717) is 33.2 Å². The Balaban J connectivity index is 0.000000314. The fourth-order valence-electron chi connectivity index (χ4n) is 5.56. The molecule has 2 heterocycles. The average molecular weight is 699 g/mol. The highest BCUT2D eigenvalue weighted by Gasteiger charge is 2.25. The Morgan fingerprint density at radius 3 is 2.09 bits per heavy atom. The van der Waals surface area contributed by atoms with Crippen LogP contribution in [0.2, 0.25) is 5.02 Å². The highest BCUT2D eigenvalue weighted by atomic mass is 79.9. The van der Waals surface area contributed by atoms with Crippen LogP contribution < -0.4 is 10.9 Å². The van der Waals surface area contributed by atoms with Crippen LogP contribution in [0.5, 0.6) is 0 Å². The van der Waals surface area contributed by atoms with Gasteiger partial charge in [-0.2, -0.15) is 0 Å². The highest BCUT2D eigenvalue weighted by molar-refractivity contribution is 9.10. The molecule has 3 rings (SSSR count). The summed E-state index contributed by atoms with van der Waals surface area (Å²) in [4.78, 5) is 39.3. The van der Waals surface area contributed by atoms with Gasteiger partial charge in [-0.15, -0.1) is 0 Å². The lowest BCUT2D eigenvalue weighted by molar-refractivity contribution is -0.137. The van der Waals surface area contributed by atoms with Crippen LogP contribution in [0.1, 0.15) is 129 Å². The van der Waals surface area contributed by atoms with Crippen molar-refractivity contribution >= 4 is 50.2 Å². The number of carbonyl (C=O) groups is 2. The van der Waals surface area contributed by atoms with Gasteiger partial charge < -0.3 is 15.5 Å². The number of aliphatic hydroxyl groups excluding tert-OH is 1. The molecule has 1 aromatic carbocycles. The second-order valence-corrected chi connectivity index (χ2v) is 13.3. The Morgan fingerprint density at radius 2 is 1.55 bits per heavy atom. The van der Waals surface area contributed by atoms with Crippen LogP contribution >= 0.6 is 27.5 Å². The van der Waals surface area contributed by atoms with Crippen LogP contribution in [0.15, 0.2) is 27.7 Å². The zero-order chi connectivity index (χ0) is 32.2. The maximum absolute atomic E-state index is 12.5. The number of rotatable bonds is 20. The predicted molar refractivity (Wildman–Crippen MR) is 183 cm³/mol. The topological polar surface area (TPSA) is 122 Å². The number of fused-ring (bicyclic) bond motifs is 1. The van der Waals surface area contributed by atoms with Gasteiger partial charge in [0.15, 0.2) is 5.78 Å². The second kappa shape index (κ2) is 22.7. The summed E-state index contributed by atoms with van der Waals surface area (Å²) in [5, 5.41) is 22.4. The summed E-state index contributed by atoms with van der Waals surface area (Å²) in [6, 6.07) is 2.97. The number of unbranched alkanes of at least 4 members (excludes halogenated alkanes) is 14. The zero-order valence-corrected chi connectivity index (χ0v) is 28.8. The van der Waals surface area contributed by atoms with E-state index in [1.54, 1.807) is 12.1 Å². The van der Waals surface area contributed by atoms with Crippen LogP contribution in [-0.2, 0) is 16.1 Å². The molecular weight excluding hydrogens is 646 g/mol. The van der Waals surface area contributed by atoms with Crippen LogP contribution in [0.4, 0.5) is 0 Å². The van der Waals surface area contributed by atoms with Crippen LogP contribution in [0.25, 0.3) is 10.9 Å². The van der Waals surface area contributed by atoms with Crippen LogP contribution in [0, 0.1) is 0 Å². The number of nitrogens with one attached hydrogen (secondary N) is 1. The molecule has 1 aliphatic rings. The third-order valence-corrected chi connectivity index (χ3v) is 9.40. The summed E-state index contributed by atoms with van der Waals surface area (Å²) >= 11 is 9.33. The Labute approximate surface area is 276 Å². The lowest BCUT2D eigenvalue weighted by Crippen LogP contribution is -2.46. The van der Waals surface area contributed by atoms with E-state index >= 15 is 0 Å². The number of nitrogens with zero attached hydrogens (tertiary/aromatic N) is 2. The fourth-order valence-corrected chi connectivity index (χ4v) is 6.05. The van der Waals surface area contributed by atoms with Crippen molar-refractivity contribution < 1.29 is 19.8 Å². The number of ketones is 1. The average Bonchev–Trinajstić information content (AvgIpc) is 2.99. The number of carboxylic acid groups (broad SMARTS) is 1. The standard InChI is InChI=1S/C18H36O2.C16H17BrClN3O3/c1-2-3-4-5-6-7-8-9-10-11-12-13-14-15-16-17-18(19)20;17-11-6-13-10(5-12(11)18)16(24)21(8-20-13)7-9(22)4-14-15(23)2-1-3-19-14/h2-17H2,1H3,(H,19,20);5-6,8,14-15,19,23H,1-4,7H2/t;14-,15+/m.1/s1. The Bertz CT molecular complexity index is 1190. The number of hydrogen-bond donors (Lipinski definition) is 3. The molecule has 0 spiro atoms. The lowest BCUT2D eigenvalue weighted by atomic mass is 9.97. The Kier molecular flexibility index (Phi) is 19.8. The minimum atomic E-state index is -0.653. The van der Waals surface area contributed by atoms with Gasteiger partial charge in [-0.05, 0) is 53.9 Å².